The molecule has 0 unspecified atom stereocenters. The zero-order valence-electron chi connectivity index (χ0n) is 5.13. The Balaban J connectivity index is 2.39. The van der Waals surface area contributed by atoms with E-state index in [1.54, 1.807) is 0 Å². The lowest BCUT2D eigenvalue weighted by Crippen LogP contribution is -2.10. The normalized spacial score (nSPS) is 15.8. The first kappa shape index (κ1) is 6.08. The van der Waals surface area contributed by atoms with Gasteiger partial charge in [-0.05, 0) is 6.42 Å². The number of amides is 1. The number of nitrogens with two attached hydrogens (primary N) is 1. The van der Waals surface area contributed by atoms with Crippen LogP contribution in [0.2, 0.25) is 0 Å². The van der Waals surface area contributed by atoms with Crippen molar-refractivity contribution in [3.05, 3.63) is 23.8 Å². The van der Waals surface area contributed by atoms with E-state index in [9.17, 15) is 4.79 Å². The summed E-state index contributed by atoms with van der Waals surface area (Å²) in [5.41, 5.74) is 6.08. The van der Waals surface area contributed by atoms with Crippen molar-refractivity contribution in [2.24, 2.45) is 5.73 Å². The first-order chi connectivity index (χ1) is 4.29. The molecule has 0 saturated heterocycles. The fourth-order valence-electron chi connectivity index (χ4n) is 0.846. The molecule has 0 heterocycles. The van der Waals surface area contributed by atoms with E-state index in [4.69, 9.17) is 5.73 Å². The van der Waals surface area contributed by atoms with Gasteiger partial charge in [0, 0.05) is 6.42 Å². The molecule has 0 saturated carbocycles. The molecule has 0 bridgehead atoms. The largest absolute Gasteiger partial charge is 0.369 e. The molecule has 2 nitrogen and oxygen atoms in total. The van der Waals surface area contributed by atoms with Gasteiger partial charge < -0.3 is 5.73 Å². The minimum absolute atomic E-state index is 0.245. The molecule has 0 aromatic heterocycles. The fraction of sp³-hybridized carbons (Fsp3) is 0.286. The molecule has 1 aliphatic rings. The third-order valence-electron chi connectivity index (χ3n) is 1.25. The van der Waals surface area contributed by atoms with E-state index in [2.05, 4.69) is 0 Å². The number of carbonyl (C=O) groups is 1. The second kappa shape index (κ2) is 2.49. The van der Waals surface area contributed by atoms with Crippen LogP contribution in [0.5, 0.6) is 0 Å². The molecule has 0 spiro atoms. The Morgan fingerprint density at radius 1 is 1.78 bits per heavy atom. The molecular formula is C7H9NO. The van der Waals surface area contributed by atoms with Crippen LogP contribution in [0.15, 0.2) is 23.8 Å². The van der Waals surface area contributed by atoms with Gasteiger partial charge >= 0.3 is 0 Å². The molecule has 0 radical (unpaired) electrons. The van der Waals surface area contributed by atoms with Gasteiger partial charge in [-0.2, -0.15) is 0 Å². The van der Waals surface area contributed by atoms with Crippen molar-refractivity contribution in [3.63, 3.8) is 0 Å². The highest BCUT2D eigenvalue weighted by Gasteiger charge is 2.01. The third kappa shape index (κ3) is 1.72. The molecular weight excluding hydrogens is 114 g/mol. The smallest absolute Gasteiger partial charge is 0.221 e. The van der Waals surface area contributed by atoms with E-state index >= 15 is 0 Å². The Kier molecular flexibility index (Phi) is 1.68. The van der Waals surface area contributed by atoms with Gasteiger partial charge in [0.1, 0.15) is 0 Å². The first-order valence-corrected chi connectivity index (χ1v) is 2.92. The molecule has 2 heteroatoms. The maximum absolute atomic E-state index is 10.3. The zero-order chi connectivity index (χ0) is 6.69. The highest BCUT2D eigenvalue weighted by Crippen LogP contribution is 2.12. The van der Waals surface area contributed by atoms with Crippen molar-refractivity contribution in [1.82, 2.24) is 0 Å². The van der Waals surface area contributed by atoms with Crippen LogP contribution < -0.4 is 5.73 Å². The second-order valence-electron chi connectivity index (χ2n) is 2.10. The number of rotatable bonds is 2. The summed E-state index contributed by atoms with van der Waals surface area (Å²) in [6.07, 6.45) is 7.19. The third-order valence-corrected chi connectivity index (χ3v) is 1.25. The number of hydrogen-bond donors (Lipinski definition) is 1. The SMILES string of the molecule is NC(=O)CC1=CC=CC1. The second-order valence-corrected chi connectivity index (χ2v) is 2.10. The van der Waals surface area contributed by atoms with E-state index in [0.717, 1.165) is 12.0 Å². The minimum Gasteiger partial charge on any atom is -0.369 e. The van der Waals surface area contributed by atoms with E-state index in [1.165, 1.54) is 0 Å². The molecule has 1 rings (SSSR count). The Bertz CT molecular complexity index is 179. The number of carbonyl (C=O) groups excluding carboxylic acids is 1. The van der Waals surface area contributed by atoms with Crippen LogP contribution in [0.1, 0.15) is 12.8 Å². The summed E-state index contributed by atoms with van der Waals surface area (Å²) in [5.74, 6) is -0.245. The Labute approximate surface area is 54.0 Å². The summed E-state index contributed by atoms with van der Waals surface area (Å²) in [6, 6.07) is 0. The molecule has 2 N–H and O–H groups in total. The molecule has 0 aromatic rings. The van der Waals surface area contributed by atoms with Gasteiger partial charge in [0.25, 0.3) is 0 Å². The predicted molar refractivity (Wildman–Crippen MR) is 35.7 cm³/mol. The Morgan fingerprint density at radius 3 is 3.00 bits per heavy atom. The lowest BCUT2D eigenvalue weighted by molar-refractivity contribution is -0.117. The maximum atomic E-state index is 10.3. The van der Waals surface area contributed by atoms with Crippen LogP contribution in [-0.4, -0.2) is 5.91 Å². The van der Waals surface area contributed by atoms with Crippen LogP contribution in [-0.2, 0) is 4.79 Å². The molecule has 48 valence electrons. The van der Waals surface area contributed by atoms with E-state index in [0.29, 0.717) is 6.42 Å². The summed E-state index contributed by atoms with van der Waals surface area (Å²) in [5, 5.41) is 0. The predicted octanol–water partition coefficient (Wildman–Crippen LogP) is 0.748. The quantitative estimate of drug-likeness (QED) is 0.578. The van der Waals surface area contributed by atoms with E-state index < -0.39 is 0 Å². The number of hydrogen-bond acceptors (Lipinski definition) is 1. The Morgan fingerprint density at radius 2 is 2.56 bits per heavy atom. The summed E-state index contributed by atoms with van der Waals surface area (Å²) in [7, 11) is 0. The fourth-order valence-corrected chi connectivity index (χ4v) is 0.846. The molecule has 1 amide bonds. The monoisotopic (exact) mass is 123 g/mol. The first-order valence-electron chi connectivity index (χ1n) is 2.92. The van der Waals surface area contributed by atoms with Crippen molar-refractivity contribution in [2.75, 3.05) is 0 Å². The van der Waals surface area contributed by atoms with E-state index in [1.807, 2.05) is 18.2 Å². The summed E-state index contributed by atoms with van der Waals surface area (Å²) in [6.45, 7) is 0. The standard InChI is InChI=1S/C7H9NO/c8-7(9)5-6-3-1-2-4-6/h1-3H,4-5H2,(H2,8,9). The molecule has 0 aliphatic heterocycles. The molecule has 9 heavy (non-hydrogen) atoms. The molecule has 0 aromatic carbocycles. The average molecular weight is 123 g/mol. The van der Waals surface area contributed by atoms with Crippen molar-refractivity contribution in [2.45, 2.75) is 12.8 Å². The van der Waals surface area contributed by atoms with Gasteiger partial charge in [-0.1, -0.05) is 23.8 Å². The molecule has 0 atom stereocenters. The van der Waals surface area contributed by atoms with Crippen LogP contribution in [0.25, 0.3) is 0 Å². The summed E-state index contributed by atoms with van der Waals surface area (Å²) >= 11 is 0. The van der Waals surface area contributed by atoms with Gasteiger partial charge in [0.2, 0.25) is 5.91 Å². The van der Waals surface area contributed by atoms with E-state index in [-0.39, 0.29) is 5.91 Å². The van der Waals surface area contributed by atoms with Crippen molar-refractivity contribution in [1.29, 1.82) is 0 Å². The molecule has 0 fully saturated rings. The van der Waals surface area contributed by atoms with Crippen LogP contribution in [0, 0.1) is 0 Å². The lowest BCUT2D eigenvalue weighted by atomic mass is 10.1. The van der Waals surface area contributed by atoms with Crippen molar-refractivity contribution >= 4 is 5.91 Å². The maximum Gasteiger partial charge on any atom is 0.221 e. The van der Waals surface area contributed by atoms with Gasteiger partial charge in [-0.15, -0.1) is 0 Å². The average Bonchev–Trinajstić information content (AvgIpc) is 2.15. The number of primary amides is 1. The lowest BCUT2D eigenvalue weighted by Gasteiger charge is -1.93. The van der Waals surface area contributed by atoms with Crippen molar-refractivity contribution < 1.29 is 4.79 Å². The van der Waals surface area contributed by atoms with Gasteiger partial charge in [-0.25, -0.2) is 0 Å². The highest BCUT2D eigenvalue weighted by molar-refractivity contribution is 5.76. The minimum atomic E-state index is -0.245. The summed E-state index contributed by atoms with van der Waals surface area (Å²) in [4.78, 5) is 10.3. The van der Waals surface area contributed by atoms with Gasteiger partial charge in [0.05, 0.1) is 0 Å². The topological polar surface area (TPSA) is 43.1 Å². The highest BCUT2D eigenvalue weighted by atomic mass is 16.1. The molecule has 1 aliphatic carbocycles. The zero-order valence-corrected chi connectivity index (χ0v) is 5.13. The Hall–Kier alpha value is -1.05. The van der Waals surface area contributed by atoms with Crippen LogP contribution >= 0.6 is 0 Å². The number of allylic oxidation sites excluding steroid dienone is 3. The van der Waals surface area contributed by atoms with Gasteiger partial charge in [0.15, 0.2) is 0 Å². The van der Waals surface area contributed by atoms with Crippen molar-refractivity contribution in [3.8, 4) is 0 Å². The van der Waals surface area contributed by atoms with Crippen LogP contribution in [0.3, 0.4) is 0 Å². The van der Waals surface area contributed by atoms with Gasteiger partial charge in [-0.3, -0.25) is 4.79 Å². The van der Waals surface area contributed by atoms with Crippen LogP contribution in [0.4, 0.5) is 0 Å². The summed E-state index contributed by atoms with van der Waals surface area (Å²) < 4.78 is 0.